The van der Waals surface area contributed by atoms with E-state index in [9.17, 15) is 13.2 Å². The molecule has 2 heterocycles. The average Bonchev–Trinajstić information content (AvgIpc) is 2.38. The van der Waals surface area contributed by atoms with Crippen molar-refractivity contribution in [2.45, 2.75) is 19.6 Å². The van der Waals surface area contributed by atoms with Gasteiger partial charge in [0.05, 0.1) is 13.1 Å². The predicted octanol–water partition coefficient (Wildman–Crippen LogP) is 0.751. The molecule has 1 aliphatic rings. The van der Waals surface area contributed by atoms with Crippen molar-refractivity contribution in [2.75, 3.05) is 38.1 Å². The van der Waals surface area contributed by atoms with Gasteiger partial charge in [0.2, 0.25) is 0 Å². The first-order chi connectivity index (χ1) is 9.85. The maximum Gasteiger partial charge on any atom is 0.401 e. The second kappa shape index (κ2) is 6.54. The molecule has 0 unspecified atom stereocenters. The van der Waals surface area contributed by atoms with Crippen molar-refractivity contribution in [3.63, 3.8) is 0 Å². The Morgan fingerprint density at radius 2 is 1.81 bits per heavy atom. The summed E-state index contributed by atoms with van der Waals surface area (Å²) in [4.78, 5) is 12.0. The van der Waals surface area contributed by atoms with Crippen molar-refractivity contribution < 1.29 is 13.2 Å². The molecule has 2 rings (SSSR count). The Morgan fingerprint density at radius 1 is 1.19 bits per heavy atom. The first-order valence-corrected chi connectivity index (χ1v) is 6.68. The third-order valence-electron chi connectivity index (χ3n) is 3.28. The summed E-state index contributed by atoms with van der Waals surface area (Å²) in [6.45, 7) is 3.44. The van der Waals surface area contributed by atoms with E-state index < -0.39 is 12.7 Å². The minimum absolute atomic E-state index is 0.396. The van der Waals surface area contributed by atoms with Gasteiger partial charge in [-0.3, -0.25) is 9.80 Å². The van der Waals surface area contributed by atoms with E-state index in [4.69, 9.17) is 5.84 Å². The summed E-state index contributed by atoms with van der Waals surface area (Å²) in [7, 11) is 0. The largest absolute Gasteiger partial charge is 0.401 e. The molecular weight excluding hydrogens is 285 g/mol. The lowest BCUT2D eigenvalue weighted by atomic mass is 10.3. The van der Waals surface area contributed by atoms with Crippen LogP contribution in [-0.2, 0) is 6.54 Å². The quantitative estimate of drug-likeness (QED) is 0.632. The van der Waals surface area contributed by atoms with Crippen LogP contribution in [0.2, 0.25) is 0 Å². The number of aryl methyl sites for hydroxylation is 1. The molecule has 1 saturated heterocycles. The number of halogens is 3. The van der Waals surface area contributed by atoms with Crippen molar-refractivity contribution in [3.8, 4) is 0 Å². The van der Waals surface area contributed by atoms with E-state index in [-0.39, 0.29) is 0 Å². The standard InChI is InChI=1S/C12H19F3N6/c1-9-6-10(19-16)18-11(17-9)7-20-2-4-21(5-3-20)8-12(13,14)15/h6H,2-5,7-8,16H2,1H3,(H,17,18,19). The highest BCUT2D eigenvalue weighted by molar-refractivity contribution is 5.33. The fraction of sp³-hybridized carbons (Fsp3) is 0.667. The Balaban J connectivity index is 1.87. The molecule has 0 atom stereocenters. The van der Waals surface area contributed by atoms with Gasteiger partial charge in [-0.15, -0.1) is 0 Å². The zero-order valence-corrected chi connectivity index (χ0v) is 11.8. The first-order valence-electron chi connectivity index (χ1n) is 6.68. The van der Waals surface area contributed by atoms with E-state index in [0.29, 0.717) is 44.4 Å². The Morgan fingerprint density at radius 3 is 2.38 bits per heavy atom. The van der Waals surface area contributed by atoms with E-state index in [2.05, 4.69) is 15.4 Å². The predicted molar refractivity (Wildman–Crippen MR) is 72.4 cm³/mol. The summed E-state index contributed by atoms with van der Waals surface area (Å²) < 4.78 is 37.0. The van der Waals surface area contributed by atoms with Gasteiger partial charge in [-0.05, 0) is 6.92 Å². The molecule has 0 aromatic carbocycles. The summed E-state index contributed by atoms with van der Waals surface area (Å²) in [6, 6.07) is 1.73. The monoisotopic (exact) mass is 304 g/mol. The third-order valence-corrected chi connectivity index (χ3v) is 3.28. The van der Waals surface area contributed by atoms with Gasteiger partial charge in [-0.25, -0.2) is 15.8 Å². The second-order valence-electron chi connectivity index (χ2n) is 5.12. The molecule has 1 fully saturated rings. The average molecular weight is 304 g/mol. The van der Waals surface area contributed by atoms with Crippen molar-refractivity contribution >= 4 is 5.82 Å². The summed E-state index contributed by atoms with van der Waals surface area (Å²) in [5, 5.41) is 0. The van der Waals surface area contributed by atoms with Crippen LogP contribution in [0.5, 0.6) is 0 Å². The number of anilines is 1. The molecule has 1 aliphatic heterocycles. The number of nitrogen functional groups attached to an aromatic ring is 1. The number of hydrogen-bond acceptors (Lipinski definition) is 6. The molecule has 9 heteroatoms. The molecule has 6 nitrogen and oxygen atoms in total. The van der Waals surface area contributed by atoms with Crippen molar-refractivity contribution in [3.05, 3.63) is 17.6 Å². The number of hydrazine groups is 1. The SMILES string of the molecule is Cc1cc(NN)nc(CN2CCN(CC(F)(F)F)CC2)n1. The molecule has 3 N–H and O–H groups in total. The van der Waals surface area contributed by atoms with Crippen LogP contribution in [0.3, 0.4) is 0 Å². The van der Waals surface area contributed by atoms with Gasteiger partial charge in [-0.2, -0.15) is 13.2 Å². The summed E-state index contributed by atoms with van der Waals surface area (Å²) in [5.41, 5.74) is 3.27. The van der Waals surface area contributed by atoms with Crippen LogP contribution in [0.1, 0.15) is 11.5 Å². The molecule has 1 aromatic heterocycles. The van der Waals surface area contributed by atoms with Gasteiger partial charge in [0.15, 0.2) is 0 Å². The Bertz CT molecular complexity index is 471. The molecule has 0 bridgehead atoms. The minimum Gasteiger partial charge on any atom is -0.308 e. The molecule has 0 spiro atoms. The van der Waals surface area contributed by atoms with Gasteiger partial charge >= 0.3 is 6.18 Å². The fourth-order valence-corrected chi connectivity index (χ4v) is 2.33. The normalized spacial score (nSPS) is 18.0. The van der Waals surface area contributed by atoms with Crippen LogP contribution in [-0.4, -0.2) is 58.7 Å². The smallest absolute Gasteiger partial charge is 0.308 e. The van der Waals surface area contributed by atoms with E-state index in [1.807, 2.05) is 11.8 Å². The second-order valence-corrected chi connectivity index (χ2v) is 5.12. The molecular formula is C12H19F3N6. The van der Waals surface area contributed by atoms with Crippen LogP contribution in [0.25, 0.3) is 0 Å². The number of piperazine rings is 1. The molecule has 118 valence electrons. The number of nitrogens with two attached hydrogens (primary N) is 1. The summed E-state index contributed by atoms with van der Waals surface area (Å²) in [6.07, 6.45) is -4.14. The zero-order valence-electron chi connectivity index (χ0n) is 11.8. The number of nitrogens with one attached hydrogen (secondary N) is 1. The van der Waals surface area contributed by atoms with Crippen molar-refractivity contribution in [1.29, 1.82) is 0 Å². The van der Waals surface area contributed by atoms with Gasteiger partial charge in [0, 0.05) is 37.9 Å². The number of nitrogens with zero attached hydrogens (tertiary/aromatic N) is 4. The lowest BCUT2D eigenvalue weighted by Crippen LogP contribution is -2.48. The fourth-order valence-electron chi connectivity index (χ4n) is 2.33. The van der Waals surface area contributed by atoms with E-state index in [0.717, 1.165) is 5.69 Å². The highest BCUT2D eigenvalue weighted by Crippen LogP contribution is 2.18. The topological polar surface area (TPSA) is 70.3 Å². The van der Waals surface area contributed by atoms with E-state index in [1.54, 1.807) is 6.07 Å². The molecule has 0 saturated carbocycles. The number of hydrogen-bond donors (Lipinski definition) is 2. The Hall–Kier alpha value is -1.45. The van der Waals surface area contributed by atoms with Crippen LogP contribution in [0.15, 0.2) is 6.07 Å². The summed E-state index contributed by atoms with van der Waals surface area (Å²) in [5.74, 6) is 6.48. The van der Waals surface area contributed by atoms with Gasteiger partial charge in [0.1, 0.15) is 11.6 Å². The first kappa shape index (κ1) is 15.9. The van der Waals surface area contributed by atoms with E-state index >= 15 is 0 Å². The molecule has 0 radical (unpaired) electrons. The molecule has 1 aromatic rings. The van der Waals surface area contributed by atoms with Crippen LogP contribution >= 0.6 is 0 Å². The summed E-state index contributed by atoms with van der Waals surface area (Å²) >= 11 is 0. The van der Waals surface area contributed by atoms with Gasteiger partial charge in [-0.1, -0.05) is 0 Å². The maximum absolute atomic E-state index is 12.3. The van der Waals surface area contributed by atoms with Gasteiger partial charge in [0.25, 0.3) is 0 Å². The maximum atomic E-state index is 12.3. The number of alkyl halides is 3. The van der Waals surface area contributed by atoms with Crippen LogP contribution in [0, 0.1) is 6.92 Å². The van der Waals surface area contributed by atoms with Crippen molar-refractivity contribution in [1.82, 2.24) is 19.8 Å². The zero-order chi connectivity index (χ0) is 15.5. The number of rotatable bonds is 4. The highest BCUT2D eigenvalue weighted by Gasteiger charge is 2.32. The van der Waals surface area contributed by atoms with Crippen LogP contribution < -0.4 is 11.3 Å². The molecule has 21 heavy (non-hydrogen) atoms. The highest BCUT2D eigenvalue weighted by atomic mass is 19.4. The minimum atomic E-state index is -4.14. The lowest BCUT2D eigenvalue weighted by Gasteiger charge is -2.34. The van der Waals surface area contributed by atoms with E-state index in [1.165, 1.54) is 4.90 Å². The lowest BCUT2D eigenvalue weighted by molar-refractivity contribution is -0.149. The molecule has 0 amide bonds. The Kier molecular flexibility index (Phi) is 4.96. The third kappa shape index (κ3) is 5.10. The van der Waals surface area contributed by atoms with Gasteiger partial charge < -0.3 is 5.43 Å². The van der Waals surface area contributed by atoms with Crippen LogP contribution in [0.4, 0.5) is 19.0 Å². The number of aromatic nitrogens is 2. The molecule has 0 aliphatic carbocycles. The Labute approximate surface area is 121 Å². The van der Waals surface area contributed by atoms with Crippen molar-refractivity contribution in [2.24, 2.45) is 5.84 Å².